The minimum atomic E-state index is 0.648. The minimum absolute atomic E-state index is 0.648. The van der Waals surface area contributed by atoms with Gasteiger partial charge in [-0.3, -0.25) is 0 Å². The maximum absolute atomic E-state index is 5.63. The number of hydrogen-bond donors (Lipinski definition) is 1. The largest absolute Gasteiger partial charge is 0.496 e. The number of nitrogens with two attached hydrogens (primary N) is 1. The molecule has 2 aromatic rings. The molecular formula is C12H15BrN2O. The number of halogens is 1. The molecule has 0 unspecified atom stereocenters. The van der Waals surface area contributed by atoms with Crippen molar-refractivity contribution in [2.45, 2.75) is 6.42 Å². The van der Waals surface area contributed by atoms with Gasteiger partial charge in [0.1, 0.15) is 5.75 Å². The van der Waals surface area contributed by atoms with Gasteiger partial charge in [-0.15, -0.1) is 0 Å². The summed E-state index contributed by atoms with van der Waals surface area (Å²) in [5, 5.41) is 1.16. The van der Waals surface area contributed by atoms with E-state index in [1.807, 2.05) is 19.2 Å². The van der Waals surface area contributed by atoms with E-state index in [-0.39, 0.29) is 0 Å². The van der Waals surface area contributed by atoms with Gasteiger partial charge in [0.05, 0.1) is 12.6 Å². The highest BCUT2D eigenvalue weighted by Gasteiger charge is 2.13. The van der Waals surface area contributed by atoms with E-state index < -0.39 is 0 Å². The Balaban J connectivity index is 2.78. The second-order valence-corrected chi connectivity index (χ2v) is 4.63. The lowest BCUT2D eigenvalue weighted by molar-refractivity contribution is 0.419. The summed E-state index contributed by atoms with van der Waals surface area (Å²) in [5.74, 6) is 0.905. The number of ether oxygens (including phenoxy) is 1. The van der Waals surface area contributed by atoms with E-state index in [4.69, 9.17) is 10.5 Å². The number of methoxy groups -OCH3 is 1. The highest BCUT2D eigenvalue weighted by atomic mass is 79.9. The molecule has 1 heterocycles. The molecule has 0 fully saturated rings. The Kier molecular flexibility index (Phi) is 3.21. The number of hydrogen-bond acceptors (Lipinski definition) is 2. The first-order chi connectivity index (χ1) is 7.69. The SMILES string of the molecule is COc1ccc(Br)c2c1c(CCN)cn2C. The van der Waals surface area contributed by atoms with Gasteiger partial charge in [0, 0.05) is 23.1 Å². The number of fused-ring (bicyclic) bond motifs is 1. The Morgan fingerprint density at radius 2 is 2.19 bits per heavy atom. The first-order valence-corrected chi connectivity index (χ1v) is 5.98. The quantitative estimate of drug-likeness (QED) is 0.940. The van der Waals surface area contributed by atoms with Crippen molar-refractivity contribution in [2.24, 2.45) is 12.8 Å². The van der Waals surface area contributed by atoms with Crippen LogP contribution in [0.15, 0.2) is 22.8 Å². The van der Waals surface area contributed by atoms with E-state index in [0.29, 0.717) is 6.54 Å². The molecule has 0 bridgehead atoms. The second kappa shape index (κ2) is 4.47. The zero-order chi connectivity index (χ0) is 11.7. The lowest BCUT2D eigenvalue weighted by Crippen LogP contribution is -2.02. The number of aryl methyl sites for hydroxylation is 1. The molecule has 2 N–H and O–H groups in total. The van der Waals surface area contributed by atoms with Crippen LogP contribution in [0.25, 0.3) is 10.9 Å². The van der Waals surface area contributed by atoms with Gasteiger partial charge in [0.25, 0.3) is 0 Å². The first kappa shape index (κ1) is 11.5. The van der Waals surface area contributed by atoms with Crippen molar-refractivity contribution >= 4 is 26.8 Å². The molecule has 2 rings (SSSR count). The van der Waals surface area contributed by atoms with E-state index >= 15 is 0 Å². The Morgan fingerprint density at radius 1 is 1.44 bits per heavy atom. The summed E-state index contributed by atoms with van der Waals surface area (Å²) in [4.78, 5) is 0. The molecule has 0 aliphatic heterocycles. The van der Waals surface area contributed by atoms with Crippen molar-refractivity contribution in [3.8, 4) is 5.75 Å². The number of aromatic nitrogens is 1. The Morgan fingerprint density at radius 3 is 2.81 bits per heavy atom. The number of benzene rings is 1. The lowest BCUT2D eigenvalue weighted by Gasteiger charge is -2.06. The van der Waals surface area contributed by atoms with E-state index in [9.17, 15) is 0 Å². The van der Waals surface area contributed by atoms with Crippen molar-refractivity contribution in [3.63, 3.8) is 0 Å². The number of nitrogens with zero attached hydrogens (tertiary/aromatic N) is 1. The molecule has 4 heteroatoms. The van der Waals surface area contributed by atoms with E-state index in [2.05, 4.69) is 26.7 Å². The van der Waals surface area contributed by atoms with Crippen LogP contribution in [0.3, 0.4) is 0 Å². The smallest absolute Gasteiger partial charge is 0.128 e. The summed E-state index contributed by atoms with van der Waals surface area (Å²) in [6.45, 7) is 0.648. The van der Waals surface area contributed by atoms with Crippen LogP contribution in [0.5, 0.6) is 5.75 Å². The van der Waals surface area contributed by atoms with Crippen molar-refractivity contribution < 1.29 is 4.74 Å². The highest BCUT2D eigenvalue weighted by molar-refractivity contribution is 9.10. The van der Waals surface area contributed by atoms with Gasteiger partial charge >= 0.3 is 0 Å². The van der Waals surface area contributed by atoms with Crippen LogP contribution in [0.2, 0.25) is 0 Å². The normalized spacial score (nSPS) is 11.0. The third kappa shape index (κ3) is 1.72. The maximum atomic E-state index is 5.63. The Bertz CT molecular complexity index is 519. The fourth-order valence-corrected chi connectivity index (χ4v) is 2.69. The molecule has 0 saturated heterocycles. The maximum Gasteiger partial charge on any atom is 0.128 e. The third-order valence-electron chi connectivity index (χ3n) is 2.75. The van der Waals surface area contributed by atoms with Crippen LogP contribution in [0, 0.1) is 0 Å². The van der Waals surface area contributed by atoms with Crippen molar-refractivity contribution in [2.75, 3.05) is 13.7 Å². The summed E-state index contributed by atoms with van der Waals surface area (Å²) in [6.07, 6.45) is 2.98. The van der Waals surface area contributed by atoms with Gasteiger partial charge in [0.2, 0.25) is 0 Å². The fourth-order valence-electron chi connectivity index (χ4n) is 2.08. The molecule has 1 aromatic carbocycles. The second-order valence-electron chi connectivity index (χ2n) is 3.78. The van der Waals surface area contributed by atoms with Crippen LogP contribution in [0.4, 0.5) is 0 Å². The minimum Gasteiger partial charge on any atom is -0.496 e. The molecule has 0 radical (unpaired) electrons. The predicted molar refractivity (Wildman–Crippen MR) is 69.9 cm³/mol. The van der Waals surface area contributed by atoms with Crippen LogP contribution in [0.1, 0.15) is 5.56 Å². The summed E-state index contributed by atoms with van der Waals surface area (Å²) in [6, 6.07) is 3.99. The van der Waals surface area contributed by atoms with Crippen LogP contribution < -0.4 is 10.5 Å². The van der Waals surface area contributed by atoms with E-state index in [1.165, 1.54) is 5.56 Å². The Hall–Kier alpha value is -1.00. The molecule has 16 heavy (non-hydrogen) atoms. The van der Waals surface area contributed by atoms with E-state index in [0.717, 1.165) is 27.5 Å². The molecule has 0 saturated carbocycles. The van der Waals surface area contributed by atoms with E-state index in [1.54, 1.807) is 7.11 Å². The van der Waals surface area contributed by atoms with Gasteiger partial charge in [-0.2, -0.15) is 0 Å². The van der Waals surface area contributed by atoms with Gasteiger partial charge in [-0.25, -0.2) is 0 Å². The van der Waals surface area contributed by atoms with Crippen molar-refractivity contribution in [1.82, 2.24) is 4.57 Å². The lowest BCUT2D eigenvalue weighted by atomic mass is 10.1. The topological polar surface area (TPSA) is 40.2 Å². The summed E-state index contributed by atoms with van der Waals surface area (Å²) < 4.78 is 8.59. The van der Waals surface area contributed by atoms with Crippen LogP contribution in [-0.4, -0.2) is 18.2 Å². The third-order valence-corrected chi connectivity index (χ3v) is 3.39. The average molecular weight is 283 g/mol. The fraction of sp³-hybridized carbons (Fsp3) is 0.333. The number of rotatable bonds is 3. The average Bonchev–Trinajstić information content (AvgIpc) is 2.59. The molecule has 0 aliphatic carbocycles. The molecule has 0 atom stereocenters. The zero-order valence-electron chi connectivity index (χ0n) is 9.46. The van der Waals surface area contributed by atoms with Crippen LogP contribution >= 0.6 is 15.9 Å². The first-order valence-electron chi connectivity index (χ1n) is 5.19. The predicted octanol–water partition coefficient (Wildman–Crippen LogP) is 2.45. The summed E-state index contributed by atoms with van der Waals surface area (Å²) in [5.41, 5.74) is 8.02. The van der Waals surface area contributed by atoms with Gasteiger partial charge in [0.15, 0.2) is 0 Å². The summed E-state index contributed by atoms with van der Waals surface area (Å²) >= 11 is 3.57. The van der Waals surface area contributed by atoms with Gasteiger partial charge < -0.3 is 15.0 Å². The van der Waals surface area contributed by atoms with Crippen LogP contribution in [-0.2, 0) is 13.5 Å². The zero-order valence-corrected chi connectivity index (χ0v) is 11.0. The standard InChI is InChI=1S/C12H15BrN2O/c1-15-7-8(5-6-14)11-10(16-2)4-3-9(13)12(11)15/h3-4,7H,5-6,14H2,1-2H3. The van der Waals surface area contributed by atoms with Gasteiger partial charge in [-0.05, 0) is 46.6 Å². The summed E-state index contributed by atoms with van der Waals surface area (Å²) in [7, 11) is 3.73. The van der Waals surface area contributed by atoms with Crippen molar-refractivity contribution in [1.29, 1.82) is 0 Å². The van der Waals surface area contributed by atoms with Crippen molar-refractivity contribution in [3.05, 3.63) is 28.4 Å². The molecule has 0 aliphatic rings. The monoisotopic (exact) mass is 282 g/mol. The molecule has 3 nitrogen and oxygen atoms in total. The molecule has 0 amide bonds. The molecule has 86 valence electrons. The van der Waals surface area contributed by atoms with Gasteiger partial charge in [-0.1, -0.05) is 0 Å². The highest BCUT2D eigenvalue weighted by Crippen LogP contribution is 2.35. The Labute approximate surface area is 103 Å². The molecule has 1 aromatic heterocycles. The molecule has 0 spiro atoms. The molecular weight excluding hydrogens is 268 g/mol.